The third-order valence-electron chi connectivity index (χ3n) is 4.37. The standard InChI is InChI=1S/C20H25N3/c1-2-23(15-18-13-20(21)22-14-18)19-10-8-17(9-11-19)12-16-6-4-3-5-7-16/h3-11,13,18,22H,2,12,14-15,21H2,1H3/t18-/m0/s1. The van der Waals surface area contributed by atoms with Gasteiger partial charge in [0.1, 0.15) is 0 Å². The first-order valence-corrected chi connectivity index (χ1v) is 8.33. The summed E-state index contributed by atoms with van der Waals surface area (Å²) in [6, 6.07) is 19.5. The molecular weight excluding hydrogens is 282 g/mol. The summed E-state index contributed by atoms with van der Waals surface area (Å²) in [5.41, 5.74) is 9.79. The molecule has 0 saturated carbocycles. The summed E-state index contributed by atoms with van der Waals surface area (Å²) in [5, 5.41) is 3.20. The zero-order valence-corrected chi connectivity index (χ0v) is 13.7. The lowest BCUT2D eigenvalue weighted by Gasteiger charge is -2.25. The highest BCUT2D eigenvalue weighted by atomic mass is 15.1. The van der Waals surface area contributed by atoms with Crippen LogP contribution >= 0.6 is 0 Å². The lowest BCUT2D eigenvalue weighted by molar-refractivity contribution is 0.624. The maximum Gasteiger partial charge on any atom is 0.0923 e. The van der Waals surface area contributed by atoms with Crippen LogP contribution in [0.2, 0.25) is 0 Å². The number of rotatable bonds is 6. The fourth-order valence-corrected chi connectivity index (χ4v) is 3.09. The smallest absolute Gasteiger partial charge is 0.0923 e. The molecule has 23 heavy (non-hydrogen) atoms. The summed E-state index contributed by atoms with van der Waals surface area (Å²) in [5.74, 6) is 1.29. The van der Waals surface area contributed by atoms with E-state index in [-0.39, 0.29) is 0 Å². The third-order valence-corrected chi connectivity index (χ3v) is 4.37. The molecule has 2 aromatic carbocycles. The van der Waals surface area contributed by atoms with Gasteiger partial charge in [0.05, 0.1) is 5.82 Å². The Bertz CT molecular complexity index is 646. The number of nitrogens with one attached hydrogen (secondary N) is 1. The van der Waals surface area contributed by atoms with E-state index in [4.69, 9.17) is 5.73 Å². The second kappa shape index (κ2) is 7.23. The first kappa shape index (κ1) is 15.5. The Kier molecular flexibility index (Phi) is 4.86. The maximum atomic E-state index is 5.81. The van der Waals surface area contributed by atoms with Gasteiger partial charge >= 0.3 is 0 Å². The van der Waals surface area contributed by atoms with E-state index < -0.39 is 0 Å². The molecule has 0 unspecified atom stereocenters. The predicted octanol–water partition coefficient (Wildman–Crippen LogP) is 3.12. The van der Waals surface area contributed by atoms with Crippen LogP contribution in [0.15, 0.2) is 66.5 Å². The lowest BCUT2D eigenvalue weighted by atomic mass is 10.0. The summed E-state index contributed by atoms with van der Waals surface area (Å²) in [6.07, 6.45) is 3.12. The van der Waals surface area contributed by atoms with Gasteiger partial charge in [0.2, 0.25) is 0 Å². The summed E-state index contributed by atoms with van der Waals surface area (Å²) in [6.45, 7) is 5.15. The van der Waals surface area contributed by atoms with Crippen LogP contribution in [0.4, 0.5) is 5.69 Å². The lowest BCUT2D eigenvalue weighted by Crippen LogP contribution is -2.30. The monoisotopic (exact) mass is 307 g/mol. The van der Waals surface area contributed by atoms with Crippen molar-refractivity contribution in [3.8, 4) is 0 Å². The van der Waals surface area contributed by atoms with Crippen molar-refractivity contribution in [2.45, 2.75) is 13.3 Å². The van der Waals surface area contributed by atoms with Crippen LogP contribution in [0, 0.1) is 5.92 Å². The molecule has 3 N–H and O–H groups in total. The molecule has 0 aromatic heterocycles. The average Bonchev–Trinajstić information content (AvgIpc) is 3.00. The average molecular weight is 307 g/mol. The molecule has 0 saturated heterocycles. The van der Waals surface area contributed by atoms with Crippen molar-refractivity contribution in [3.63, 3.8) is 0 Å². The van der Waals surface area contributed by atoms with Crippen LogP contribution in [0.3, 0.4) is 0 Å². The number of nitrogens with zero attached hydrogens (tertiary/aromatic N) is 1. The van der Waals surface area contributed by atoms with E-state index in [1.807, 2.05) is 0 Å². The Morgan fingerprint density at radius 3 is 2.35 bits per heavy atom. The quantitative estimate of drug-likeness (QED) is 0.861. The molecule has 1 atom stereocenters. The molecule has 1 heterocycles. The molecule has 0 aliphatic carbocycles. The molecule has 3 rings (SSSR count). The van der Waals surface area contributed by atoms with Crippen molar-refractivity contribution in [3.05, 3.63) is 77.6 Å². The number of hydrogen-bond donors (Lipinski definition) is 2. The Labute approximate surface area is 138 Å². The van der Waals surface area contributed by atoms with E-state index in [0.29, 0.717) is 5.92 Å². The minimum Gasteiger partial charge on any atom is -0.386 e. The molecule has 3 heteroatoms. The van der Waals surface area contributed by atoms with Crippen molar-refractivity contribution in [1.82, 2.24) is 5.32 Å². The van der Waals surface area contributed by atoms with Gasteiger partial charge in [-0.1, -0.05) is 42.5 Å². The van der Waals surface area contributed by atoms with Crippen LogP contribution in [-0.2, 0) is 6.42 Å². The van der Waals surface area contributed by atoms with Crippen molar-refractivity contribution < 1.29 is 0 Å². The fraction of sp³-hybridized carbons (Fsp3) is 0.300. The Morgan fingerprint density at radius 1 is 1.04 bits per heavy atom. The molecule has 1 aliphatic heterocycles. The van der Waals surface area contributed by atoms with Crippen molar-refractivity contribution in [2.24, 2.45) is 11.7 Å². The molecule has 3 nitrogen and oxygen atoms in total. The Morgan fingerprint density at radius 2 is 1.74 bits per heavy atom. The summed E-state index contributed by atoms with van der Waals surface area (Å²) in [7, 11) is 0. The zero-order chi connectivity index (χ0) is 16.1. The third kappa shape index (κ3) is 4.07. The molecule has 120 valence electrons. The number of benzene rings is 2. The number of hydrogen-bond acceptors (Lipinski definition) is 3. The SMILES string of the molecule is CCN(C[C@H]1C=C(N)NC1)c1ccc(Cc2ccccc2)cc1. The topological polar surface area (TPSA) is 41.3 Å². The van der Waals surface area contributed by atoms with Gasteiger partial charge in [0, 0.05) is 31.2 Å². The van der Waals surface area contributed by atoms with Crippen LogP contribution in [0.1, 0.15) is 18.1 Å². The van der Waals surface area contributed by atoms with E-state index in [1.165, 1.54) is 16.8 Å². The molecule has 1 aliphatic rings. The van der Waals surface area contributed by atoms with Gasteiger partial charge in [-0.3, -0.25) is 0 Å². The maximum absolute atomic E-state index is 5.81. The second-order valence-corrected chi connectivity index (χ2v) is 6.13. The van der Waals surface area contributed by atoms with E-state index in [2.05, 4.69) is 77.8 Å². The van der Waals surface area contributed by atoms with Gasteiger partial charge in [0.25, 0.3) is 0 Å². The van der Waals surface area contributed by atoms with E-state index in [0.717, 1.165) is 31.9 Å². The molecule has 2 aromatic rings. The Balaban J connectivity index is 1.65. The molecule has 0 fully saturated rings. The fourth-order valence-electron chi connectivity index (χ4n) is 3.09. The normalized spacial score (nSPS) is 16.7. The summed E-state index contributed by atoms with van der Waals surface area (Å²) >= 11 is 0. The van der Waals surface area contributed by atoms with Crippen LogP contribution in [0.5, 0.6) is 0 Å². The van der Waals surface area contributed by atoms with Crippen molar-refractivity contribution >= 4 is 5.69 Å². The minimum absolute atomic E-state index is 0.485. The molecule has 0 spiro atoms. The van der Waals surface area contributed by atoms with Crippen molar-refractivity contribution in [2.75, 3.05) is 24.5 Å². The first-order valence-electron chi connectivity index (χ1n) is 8.33. The minimum atomic E-state index is 0.485. The highest BCUT2D eigenvalue weighted by Crippen LogP contribution is 2.20. The van der Waals surface area contributed by atoms with Gasteiger partial charge in [-0.05, 0) is 42.7 Å². The van der Waals surface area contributed by atoms with Gasteiger partial charge in [-0.15, -0.1) is 0 Å². The molecular formula is C20H25N3. The van der Waals surface area contributed by atoms with Crippen LogP contribution < -0.4 is 16.0 Å². The number of anilines is 1. The Hall–Kier alpha value is -2.42. The van der Waals surface area contributed by atoms with Crippen LogP contribution in [0.25, 0.3) is 0 Å². The number of nitrogens with two attached hydrogens (primary N) is 1. The van der Waals surface area contributed by atoms with Gasteiger partial charge in [-0.2, -0.15) is 0 Å². The van der Waals surface area contributed by atoms with Crippen LogP contribution in [-0.4, -0.2) is 19.6 Å². The highest BCUT2D eigenvalue weighted by Gasteiger charge is 2.16. The summed E-state index contributed by atoms with van der Waals surface area (Å²) < 4.78 is 0. The van der Waals surface area contributed by atoms with E-state index in [9.17, 15) is 0 Å². The first-order chi connectivity index (χ1) is 11.2. The largest absolute Gasteiger partial charge is 0.386 e. The second-order valence-electron chi connectivity index (χ2n) is 6.13. The van der Waals surface area contributed by atoms with Crippen molar-refractivity contribution in [1.29, 1.82) is 0 Å². The summed E-state index contributed by atoms with van der Waals surface area (Å²) in [4.78, 5) is 2.41. The van der Waals surface area contributed by atoms with Gasteiger partial charge in [0.15, 0.2) is 0 Å². The predicted molar refractivity (Wildman–Crippen MR) is 97.3 cm³/mol. The van der Waals surface area contributed by atoms with E-state index >= 15 is 0 Å². The molecule has 0 bridgehead atoms. The van der Waals surface area contributed by atoms with Gasteiger partial charge in [-0.25, -0.2) is 0 Å². The van der Waals surface area contributed by atoms with E-state index in [1.54, 1.807) is 0 Å². The zero-order valence-electron chi connectivity index (χ0n) is 13.7. The molecule has 0 radical (unpaired) electrons. The molecule has 0 amide bonds. The highest BCUT2D eigenvalue weighted by molar-refractivity contribution is 5.48. The van der Waals surface area contributed by atoms with Gasteiger partial charge < -0.3 is 16.0 Å².